The van der Waals surface area contributed by atoms with Crippen LogP contribution in [0.3, 0.4) is 0 Å². The van der Waals surface area contributed by atoms with Crippen LogP contribution in [-0.2, 0) is 4.74 Å². The Morgan fingerprint density at radius 1 is 1.30 bits per heavy atom. The smallest absolute Gasteiger partial charge is 0.252 e. The molecule has 2 aromatic rings. The first kappa shape index (κ1) is 18.3. The summed E-state index contributed by atoms with van der Waals surface area (Å²) in [5, 5.41) is 11.6. The monoisotopic (exact) mass is 372 g/mol. The van der Waals surface area contributed by atoms with E-state index in [1.54, 1.807) is 13.2 Å². The summed E-state index contributed by atoms with van der Waals surface area (Å²) in [5.41, 5.74) is 1.37. The topological polar surface area (TPSA) is 75.0 Å². The predicted octanol–water partition coefficient (Wildman–Crippen LogP) is 0.804. The van der Waals surface area contributed by atoms with Gasteiger partial charge in [-0.25, -0.2) is 0 Å². The SMILES string of the molecule is COCCNC(=O)c1ccc2nnc(C3CN(CC4CC4)CCN3C)n2c1. The lowest BCUT2D eigenvalue weighted by molar-refractivity contribution is 0.0869. The van der Waals surface area contributed by atoms with Gasteiger partial charge in [0.05, 0.1) is 18.2 Å². The van der Waals surface area contributed by atoms with Crippen LogP contribution >= 0.6 is 0 Å². The molecule has 2 aromatic heterocycles. The molecule has 0 aromatic carbocycles. The normalized spacial score (nSPS) is 21.6. The summed E-state index contributed by atoms with van der Waals surface area (Å²) in [6, 6.07) is 3.83. The van der Waals surface area contributed by atoms with E-state index in [1.165, 1.54) is 19.4 Å². The van der Waals surface area contributed by atoms with Crippen molar-refractivity contribution in [1.29, 1.82) is 0 Å². The number of aromatic nitrogens is 3. The van der Waals surface area contributed by atoms with Crippen molar-refractivity contribution in [2.45, 2.75) is 18.9 Å². The molecule has 27 heavy (non-hydrogen) atoms. The number of amides is 1. The Bertz CT molecular complexity index is 803. The second-order valence-electron chi connectivity index (χ2n) is 7.65. The van der Waals surface area contributed by atoms with E-state index in [2.05, 4.69) is 32.4 Å². The quantitative estimate of drug-likeness (QED) is 0.725. The van der Waals surface area contributed by atoms with E-state index in [0.717, 1.165) is 37.0 Å². The van der Waals surface area contributed by atoms with Gasteiger partial charge in [0.2, 0.25) is 0 Å². The van der Waals surface area contributed by atoms with Gasteiger partial charge in [0.15, 0.2) is 11.5 Å². The van der Waals surface area contributed by atoms with Gasteiger partial charge in [0.1, 0.15) is 0 Å². The molecular weight excluding hydrogens is 344 g/mol. The number of methoxy groups -OCH3 is 1. The molecule has 0 bridgehead atoms. The summed E-state index contributed by atoms with van der Waals surface area (Å²) in [4.78, 5) is 17.3. The third-order valence-electron chi connectivity index (χ3n) is 5.53. The maximum absolute atomic E-state index is 12.4. The van der Waals surface area contributed by atoms with Crippen molar-refractivity contribution in [1.82, 2.24) is 29.7 Å². The highest BCUT2D eigenvalue weighted by molar-refractivity contribution is 5.94. The van der Waals surface area contributed by atoms with Crippen LogP contribution in [0.15, 0.2) is 18.3 Å². The van der Waals surface area contributed by atoms with Crippen molar-refractivity contribution in [3.05, 3.63) is 29.7 Å². The van der Waals surface area contributed by atoms with Crippen molar-refractivity contribution in [3.8, 4) is 0 Å². The van der Waals surface area contributed by atoms with Crippen LogP contribution in [0.5, 0.6) is 0 Å². The molecule has 1 amide bonds. The van der Waals surface area contributed by atoms with Gasteiger partial charge < -0.3 is 10.1 Å². The lowest BCUT2D eigenvalue weighted by Crippen LogP contribution is -2.47. The summed E-state index contributed by atoms with van der Waals surface area (Å²) in [5.74, 6) is 1.67. The van der Waals surface area contributed by atoms with Crippen molar-refractivity contribution in [3.63, 3.8) is 0 Å². The third-order valence-corrected chi connectivity index (χ3v) is 5.53. The molecule has 1 aliphatic carbocycles. The van der Waals surface area contributed by atoms with Crippen LogP contribution in [0.1, 0.15) is 35.1 Å². The average Bonchev–Trinajstić information content (AvgIpc) is 3.39. The van der Waals surface area contributed by atoms with E-state index in [1.807, 2.05) is 16.7 Å². The Balaban J connectivity index is 1.55. The molecule has 2 fully saturated rings. The minimum absolute atomic E-state index is 0.110. The fourth-order valence-corrected chi connectivity index (χ4v) is 3.68. The molecule has 8 heteroatoms. The zero-order valence-corrected chi connectivity index (χ0v) is 16.1. The van der Waals surface area contributed by atoms with E-state index in [-0.39, 0.29) is 11.9 Å². The maximum Gasteiger partial charge on any atom is 0.252 e. The number of pyridine rings is 1. The standard InChI is InChI=1S/C19H28N6O2/c1-23-8-9-24(11-14-3-4-14)13-16(23)18-22-21-17-6-5-15(12-25(17)18)19(26)20-7-10-27-2/h5-6,12,14,16H,3-4,7-11,13H2,1-2H3,(H,20,26). The van der Waals surface area contributed by atoms with E-state index in [4.69, 9.17) is 4.74 Å². The number of fused-ring (bicyclic) bond motifs is 1. The van der Waals surface area contributed by atoms with Crippen LogP contribution < -0.4 is 5.32 Å². The first-order valence-electron chi connectivity index (χ1n) is 9.70. The second kappa shape index (κ2) is 7.92. The Morgan fingerprint density at radius 2 is 2.15 bits per heavy atom. The second-order valence-corrected chi connectivity index (χ2v) is 7.65. The predicted molar refractivity (Wildman–Crippen MR) is 102 cm³/mol. The van der Waals surface area contributed by atoms with Gasteiger partial charge in [-0.1, -0.05) is 0 Å². The van der Waals surface area contributed by atoms with Crippen LogP contribution in [0.2, 0.25) is 0 Å². The van der Waals surface area contributed by atoms with Gasteiger partial charge in [-0.3, -0.25) is 19.0 Å². The molecule has 4 rings (SSSR count). The number of carbonyl (C=O) groups is 1. The summed E-state index contributed by atoms with van der Waals surface area (Å²) in [7, 11) is 3.76. The van der Waals surface area contributed by atoms with Gasteiger partial charge in [-0.05, 0) is 37.9 Å². The molecule has 3 heterocycles. The van der Waals surface area contributed by atoms with Crippen molar-refractivity contribution >= 4 is 11.6 Å². The minimum atomic E-state index is -0.110. The van der Waals surface area contributed by atoms with Gasteiger partial charge in [0.25, 0.3) is 5.91 Å². The number of nitrogens with one attached hydrogen (secondary N) is 1. The van der Waals surface area contributed by atoms with Crippen LogP contribution in [0.4, 0.5) is 0 Å². The number of likely N-dealkylation sites (N-methyl/N-ethyl adjacent to an activating group) is 1. The van der Waals surface area contributed by atoms with Crippen molar-refractivity contribution in [2.75, 3.05) is 53.5 Å². The number of hydrogen-bond acceptors (Lipinski definition) is 6. The number of carbonyl (C=O) groups excluding carboxylic acids is 1. The fourth-order valence-electron chi connectivity index (χ4n) is 3.68. The molecule has 1 saturated heterocycles. The van der Waals surface area contributed by atoms with E-state index in [9.17, 15) is 4.79 Å². The lowest BCUT2D eigenvalue weighted by Gasteiger charge is -2.38. The number of nitrogens with zero attached hydrogens (tertiary/aromatic N) is 5. The maximum atomic E-state index is 12.4. The number of rotatable bonds is 7. The minimum Gasteiger partial charge on any atom is -0.383 e. The molecule has 2 aliphatic rings. The van der Waals surface area contributed by atoms with Gasteiger partial charge in [-0.15, -0.1) is 10.2 Å². The summed E-state index contributed by atoms with van der Waals surface area (Å²) in [6.07, 6.45) is 4.58. The average molecular weight is 372 g/mol. The first-order chi connectivity index (χ1) is 13.2. The molecule has 1 N–H and O–H groups in total. The van der Waals surface area contributed by atoms with E-state index < -0.39 is 0 Å². The zero-order chi connectivity index (χ0) is 18.8. The number of ether oxygens (including phenoxy) is 1. The summed E-state index contributed by atoms with van der Waals surface area (Å²) >= 11 is 0. The van der Waals surface area contributed by atoms with Gasteiger partial charge in [0, 0.05) is 46.0 Å². The van der Waals surface area contributed by atoms with E-state index in [0.29, 0.717) is 18.7 Å². The summed E-state index contributed by atoms with van der Waals surface area (Å²) in [6.45, 7) is 5.25. The van der Waals surface area contributed by atoms with Crippen molar-refractivity contribution < 1.29 is 9.53 Å². The molecule has 1 aliphatic heterocycles. The molecule has 1 unspecified atom stereocenters. The van der Waals surface area contributed by atoms with Crippen LogP contribution in [0, 0.1) is 5.92 Å². The van der Waals surface area contributed by atoms with Crippen LogP contribution in [0.25, 0.3) is 5.65 Å². The molecule has 1 atom stereocenters. The third kappa shape index (κ3) is 4.12. The molecular formula is C19H28N6O2. The zero-order valence-electron chi connectivity index (χ0n) is 16.1. The Hall–Kier alpha value is -2.03. The summed E-state index contributed by atoms with van der Waals surface area (Å²) < 4.78 is 6.95. The Labute approximate surface area is 159 Å². The molecule has 0 radical (unpaired) electrons. The number of hydrogen-bond donors (Lipinski definition) is 1. The molecule has 146 valence electrons. The highest BCUT2D eigenvalue weighted by atomic mass is 16.5. The molecule has 1 saturated carbocycles. The fraction of sp³-hybridized carbons (Fsp3) is 0.632. The molecule has 8 nitrogen and oxygen atoms in total. The Morgan fingerprint density at radius 3 is 2.93 bits per heavy atom. The highest BCUT2D eigenvalue weighted by Crippen LogP contribution is 2.32. The van der Waals surface area contributed by atoms with Gasteiger partial charge in [-0.2, -0.15) is 0 Å². The van der Waals surface area contributed by atoms with Crippen molar-refractivity contribution in [2.24, 2.45) is 5.92 Å². The molecule has 0 spiro atoms. The Kier molecular flexibility index (Phi) is 5.38. The largest absolute Gasteiger partial charge is 0.383 e. The van der Waals surface area contributed by atoms with Crippen LogP contribution in [-0.4, -0.2) is 83.8 Å². The lowest BCUT2D eigenvalue weighted by atomic mass is 10.1. The number of piperazine rings is 1. The van der Waals surface area contributed by atoms with Gasteiger partial charge >= 0.3 is 0 Å². The first-order valence-corrected chi connectivity index (χ1v) is 9.70. The highest BCUT2D eigenvalue weighted by Gasteiger charge is 2.32. The van der Waals surface area contributed by atoms with E-state index >= 15 is 0 Å².